The van der Waals surface area contributed by atoms with Crippen LogP contribution in [0.2, 0.25) is 0 Å². The number of cyclic esters (lactones) is 1. The third-order valence-corrected chi connectivity index (χ3v) is 19.0. The maximum absolute atomic E-state index is 14.1. The number of nitrogens with zero attached hydrogens (tertiary/aromatic N) is 1. The Bertz CT molecular complexity index is 3530. The highest BCUT2D eigenvalue weighted by atomic mass is 16.7. The molecule has 0 saturated carbocycles. The Labute approximate surface area is 576 Å². The second kappa shape index (κ2) is 35.8. The molecular weight excluding hydrogens is 1270 g/mol. The van der Waals surface area contributed by atoms with Crippen LogP contribution in [0, 0.1) is 11.8 Å². The molecule has 1 amide bonds. The van der Waals surface area contributed by atoms with E-state index in [0.717, 1.165) is 44.5 Å². The second-order valence-corrected chi connectivity index (χ2v) is 26.2. The van der Waals surface area contributed by atoms with Crippen molar-refractivity contribution < 1.29 is 98.3 Å². The largest absolute Gasteiger partial charge is 0.508 e. The zero-order chi connectivity index (χ0) is 70.8. The van der Waals surface area contributed by atoms with Crippen molar-refractivity contribution in [1.82, 2.24) is 5.32 Å². The van der Waals surface area contributed by atoms with Crippen LogP contribution >= 0.6 is 0 Å². The van der Waals surface area contributed by atoms with Crippen LogP contribution in [0.3, 0.4) is 0 Å². The van der Waals surface area contributed by atoms with Crippen LogP contribution < -0.4 is 5.32 Å². The molecule has 0 aromatic heterocycles. The lowest BCUT2D eigenvalue weighted by Crippen LogP contribution is -2.64. The second-order valence-electron chi connectivity index (χ2n) is 26.2. The van der Waals surface area contributed by atoms with Gasteiger partial charge < -0.3 is 84.4 Å². The number of nitrogens with one attached hydrogen (secondary N) is 1. The van der Waals surface area contributed by atoms with Gasteiger partial charge in [0, 0.05) is 49.4 Å². The summed E-state index contributed by atoms with van der Waals surface area (Å²) in [6.45, 7) is 6.47. The number of esters is 1. The highest BCUT2D eigenvalue weighted by Crippen LogP contribution is 2.46. The van der Waals surface area contributed by atoms with Crippen molar-refractivity contribution in [1.29, 1.82) is 0 Å². The minimum Gasteiger partial charge on any atom is -0.462 e. The van der Waals surface area contributed by atoms with Crippen molar-refractivity contribution in [3.8, 4) is 22.3 Å². The third kappa shape index (κ3) is 20.1. The Morgan fingerprint density at radius 1 is 0.586 bits per heavy atom. The van der Waals surface area contributed by atoms with Gasteiger partial charge in [0.15, 0.2) is 12.1 Å². The van der Waals surface area contributed by atoms with Crippen LogP contribution in [0.15, 0.2) is 187 Å². The predicted octanol–water partition coefficient (Wildman–Crippen LogP) is 8.27. The quantitative estimate of drug-likeness (QED) is 0.0326. The van der Waals surface area contributed by atoms with Gasteiger partial charge in [-0.15, -0.1) is 0 Å². The number of fused-ring (bicyclic) bond motifs is 8. The summed E-state index contributed by atoms with van der Waals surface area (Å²) in [4.78, 5) is 57.3. The normalized spacial score (nSPS) is 34.5. The minimum absolute atomic E-state index is 0.0702. The zero-order valence-corrected chi connectivity index (χ0v) is 55.9. The van der Waals surface area contributed by atoms with Crippen molar-refractivity contribution in [3.05, 3.63) is 204 Å². The summed E-state index contributed by atoms with van der Waals surface area (Å²) in [5.41, 5.74) is 7.71. The number of aliphatic imine (C=N–C) groups is 1. The van der Waals surface area contributed by atoms with Gasteiger partial charge >= 0.3 is 18.2 Å². The van der Waals surface area contributed by atoms with Crippen LogP contribution in [-0.4, -0.2) is 187 Å². The summed E-state index contributed by atoms with van der Waals surface area (Å²) in [5, 5.41) is 106. The Kier molecular flexibility index (Phi) is 27.2. The van der Waals surface area contributed by atoms with E-state index in [2.05, 4.69) is 10.3 Å². The first-order valence-corrected chi connectivity index (χ1v) is 33.8. The molecule has 2 saturated heterocycles. The van der Waals surface area contributed by atoms with Crippen LogP contribution in [0.4, 0.5) is 9.59 Å². The number of hydrogen-bond acceptors (Lipinski definition) is 21. The van der Waals surface area contributed by atoms with Crippen molar-refractivity contribution in [2.24, 2.45) is 16.8 Å². The Hall–Kier alpha value is -8.03. The van der Waals surface area contributed by atoms with E-state index in [1.54, 1.807) is 86.8 Å². The van der Waals surface area contributed by atoms with Gasteiger partial charge in [-0.1, -0.05) is 196 Å². The van der Waals surface area contributed by atoms with E-state index in [1.807, 2.05) is 116 Å². The van der Waals surface area contributed by atoms with E-state index >= 15 is 0 Å². The molecule has 5 aliphatic rings. The number of carbonyl (C=O) groups is 3. The molecule has 530 valence electrons. The molecule has 2 bridgehead atoms. The molecule has 0 spiro atoms. The molecule has 22 heteroatoms. The molecule has 9 rings (SSSR count). The molecule has 22 nitrogen and oxygen atoms in total. The molecule has 10 N–H and O–H groups in total. The van der Waals surface area contributed by atoms with E-state index in [0.29, 0.717) is 0 Å². The van der Waals surface area contributed by atoms with Gasteiger partial charge in [-0.25, -0.2) is 14.4 Å². The van der Waals surface area contributed by atoms with E-state index < -0.39 is 159 Å². The Morgan fingerprint density at radius 2 is 1.10 bits per heavy atom. The third-order valence-electron chi connectivity index (χ3n) is 19.0. The summed E-state index contributed by atoms with van der Waals surface area (Å²) in [7, 11) is 0. The van der Waals surface area contributed by atoms with E-state index in [9.17, 15) is 65.1 Å². The van der Waals surface area contributed by atoms with Crippen molar-refractivity contribution in [3.63, 3.8) is 0 Å². The van der Waals surface area contributed by atoms with Gasteiger partial charge in [0.2, 0.25) is 6.08 Å². The molecule has 4 aromatic carbocycles. The SMILES string of the molecule is C[C@@H]1[C@H](O)[C@@H](C)/C=C/C=C/C=C/C=C/C=C/C=C/C=C/[C@H](O[C@@H]2O[C@H](C)[C@@H](O)[C@H](NC(=O)OCC3c4ccccc4-c4ccccc43)[C@@H]2O)C[C@@H]2O[C@](O)(C[C@@H](O)C[C@@H](O)[C@H](O)CC[C@@H](O)C[C@@H](O)CC(=O)O[C@H]1C)C[C@H](OC(=O)OCC1c3ccccc3-c3ccccc31)[C@H]2N=C=O. The van der Waals surface area contributed by atoms with E-state index in [-0.39, 0.29) is 50.7 Å². The first-order valence-electron chi connectivity index (χ1n) is 33.8. The average Bonchev–Trinajstić information content (AvgIpc) is 1.67. The van der Waals surface area contributed by atoms with Crippen molar-refractivity contribution in [2.75, 3.05) is 13.2 Å². The lowest BCUT2D eigenvalue weighted by molar-refractivity contribution is -0.302. The van der Waals surface area contributed by atoms with E-state index in [4.69, 9.17) is 33.2 Å². The van der Waals surface area contributed by atoms with E-state index in [1.165, 1.54) is 13.0 Å². The molecule has 3 heterocycles. The molecule has 99 heavy (non-hydrogen) atoms. The molecule has 4 aromatic rings. The highest BCUT2D eigenvalue weighted by Gasteiger charge is 2.52. The lowest BCUT2D eigenvalue weighted by Gasteiger charge is -2.46. The van der Waals surface area contributed by atoms with Crippen molar-refractivity contribution >= 4 is 24.3 Å². The smallest absolute Gasteiger partial charge is 0.462 e. The standard InChI is InChI=1S/C77H92N2O20/c1-46-25-15-13-11-9-7-5-6-8-10-12-14-16-26-53(97-74-73(89)70(72(88)49(4)96-74)79-75(90)93-43-62-58-31-21-17-27-54(58)55-28-18-22-32-59(55)62)40-66-69(78-45-80)67(98-76(91)94-44-63-60-33-23-19-29-56(60)57-30-20-24-34-61(57)63)42-77(92,99-66)41-52(83)38-65(85)64(84)36-35-50(81)37-51(82)39-68(86)95-48(3)47(2)71(46)87/h5-34,46-53,62-67,69-74,81-85,87-89,92H,35-44H2,1-4H3,(H,79,90)/b6-5+,9-7+,10-8+,13-11+,14-12+,25-15+,26-16+/t46-,47-,48-,49+,50+,51+,52-,53-,64+,65+,66-,67-,69-,70-,71+,72+,73-,74-,77+/m0/s1. The first-order chi connectivity index (χ1) is 47.6. The fourth-order valence-electron chi connectivity index (χ4n) is 13.6. The minimum atomic E-state index is -2.47. The number of aliphatic hydroxyl groups excluding tert-OH is 8. The number of carbonyl (C=O) groups excluding carboxylic acids is 4. The van der Waals surface area contributed by atoms with Crippen LogP contribution in [0.5, 0.6) is 0 Å². The topological polar surface area (TPSA) is 339 Å². The first kappa shape index (κ1) is 75.2. The number of hydrogen-bond donors (Lipinski definition) is 10. The van der Waals surface area contributed by atoms with Gasteiger partial charge in [0.25, 0.3) is 0 Å². The maximum atomic E-state index is 14.1. The number of ether oxygens (including phenoxy) is 7. The number of aliphatic hydroxyl groups is 9. The zero-order valence-electron chi connectivity index (χ0n) is 55.9. The number of isocyanates is 1. The molecule has 19 atom stereocenters. The number of allylic oxidation sites excluding steroid dienone is 12. The Morgan fingerprint density at radius 3 is 1.65 bits per heavy atom. The number of benzene rings is 4. The van der Waals surface area contributed by atoms with Gasteiger partial charge in [-0.05, 0) is 77.6 Å². The van der Waals surface area contributed by atoms with Crippen LogP contribution in [-0.2, 0) is 42.7 Å². The molecule has 2 fully saturated rings. The highest BCUT2D eigenvalue weighted by molar-refractivity contribution is 5.80. The fourth-order valence-corrected chi connectivity index (χ4v) is 13.6. The summed E-state index contributed by atoms with van der Waals surface area (Å²) in [6.07, 6.45) is 1.03. The van der Waals surface area contributed by atoms with Crippen LogP contribution in [0.1, 0.15) is 113 Å². The lowest BCUT2D eigenvalue weighted by atomic mass is 9.87. The summed E-state index contributed by atoms with van der Waals surface area (Å²) in [5.74, 6) is -4.72. The molecule has 0 unspecified atom stereocenters. The predicted molar refractivity (Wildman–Crippen MR) is 366 cm³/mol. The summed E-state index contributed by atoms with van der Waals surface area (Å²) in [6, 6.07) is 28.1. The maximum Gasteiger partial charge on any atom is 0.508 e. The van der Waals surface area contributed by atoms with Gasteiger partial charge in [0.1, 0.15) is 43.7 Å². The molecule has 3 aliphatic heterocycles. The monoisotopic (exact) mass is 1360 g/mol. The summed E-state index contributed by atoms with van der Waals surface area (Å²) < 4.78 is 42.3. The molecule has 0 radical (unpaired) electrons. The van der Waals surface area contributed by atoms with Crippen molar-refractivity contribution in [2.45, 2.75) is 194 Å². The Balaban J connectivity index is 0.974. The van der Waals surface area contributed by atoms with Gasteiger partial charge in [0.05, 0.1) is 67.4 Å². The number of rotatable bonds is 9. The summed E-state index contributed by atoms with van der Waals surface area (Å²) >= 11 is 0. The number of alkyl carbamates (subject to hydrolysis) is 1. The van der Waals surface area contributed by atoms with Gasteiger partial charge in [-0.2, -0.15) is 4.99 Å². The molecule has 2 aliphatic carbocycles. The molecular formula is C77H92N2O20. The number of amides is 1. The van der Waals surface area contributed by atoms with Crippen LogP contribution in [0.25, 0.3) is 22.3 Å². The average molecular weight is 1370 g/mol. The van der Waals surface area contributed by atoms with Gasteiger partial charge in [-0.3, -0.25) is 4.79 Å². The fraction of sp³-hybridized carbons (Fsp3) is 0.455.